The zero-order valence-electron chi connectivity index (χ0n) is 18.4. The molecule has 3 aromatic carbocycles. The Morgan fingerprint density at radius 2 is 1.66 bits per heavy atom. The Bertz CT molecular complexity index is 1390. The molecule has 1 fully saturated rings. The number of anilines is 1. The van der Waals surface area contributed by atoms with Gasteiger partial charge in [-0.3, -0.25) is 14.5 Å². The smallest absolute Gasteiger partial charge is 0.300 e. The lowest BCUT2D eigenvalue weighted by Crippen LogP contribution is -2.29. The SMILES string of the molecule is COc1ccc(/C(O)=C2\C(=O)C(=O)N(c3ccc(F)c(F)c3)C2c2ccc(O)c(Cl)c2)cc1OC. The van der Waals surface area contributed by atoms with E-state index in [1.807, 2.05) is 0 Å². The molecule has 10 heteroatoms. The molecular weight excluding hydrogens is 484 g/mol. The number of ketones is 1. The summed E-state index contributed by atoms with van der Waals surface area (Å²) in [6.45, 7) is 0. The van der Waals surface area contributed by atoms with Crippen LogP contribution in [0.4, 0.5) is 14.5 Å². The number of halogens is 3. The van der Waals surface area contributed by atoms with E-state index in [1.54, 1.807) is 0 Å². The second kappa shape index (κ2) is 9.27. The van der Waals surface area contributed by atoms with Gasteiger partial charge in [-0.15, -0.1) is 0 Å². The summed E-state index contributed by atoms with van der Waals surface area (Å²) in [5.41, 5.74) is -0.0696. The molecule has 1 unspecified atom stereocenters. The van der Waals surface area contributed by atoms with Gasteiger partial charge in [0.25, 0.3) is 11.7 Å². The zero-order chi connectivity index (χ0) is 25.4. The number of hydrogen-bond donors (Lipinski definition) is 2. The second-order valence-electron chi connectivity index (χ2n) is 7.55. The Balaban J connectivity index is 1.97. The molecule has 2 N–H and O–H groups in total. The van der Waals surface area contributed by atoms with Gasteiger partial charge < -0.3 is 19.7 Å². The fourth-order valence-electron chi connectivity index (χ4n) is 3.88. The standard InChI is InChI=1S/C25H18ClF2NO6/c1-34-19-8-4-13(10-20(19)35-2)23(31)21-22(12-3-7-18(30)15(26)9-12)29(25(33)24(21)32)14-5-6-16(27)17(28)11-14/h3-11,22,30-31H,1-2H3/b23-21+. The predicted molar refractivity (Wildman–Crippen MR) is 124 cm³/mol. The molecule has 1 aliphatic heterocycles. The largest absolute Gasteiger partial charge is 0.507 e. The van der Waals surface area contributed by atoms with Gasteiger partial charge >= 0.3 is 0 Å². The molecule has 1 saturated heterocycles. The molecule has 0 aromatic heterocycles. The van der Waals surface area contributed by atoms with Crippen LogP contribution in [0.25, 0.3) is 5.76 Å². The van der Waals surface area contributed by atoms with Gasteiger partial charge in [0.2, 0.25) is 0 Å². The lowest BCUT2D eigenvalue weighted by atomic mass is 9.95. The van der Waals surface area contributed by atoms with Crippen LogP contribution in [0.3, 0.4) is 0 Å². The minimum Gasteiger partial charge on any atom is -0.507 e. The minimum atomic E-state index is -1.27. The predicted octanol–water partition coefficient (Wildman–Crippen LogP) is 4.97. The zero-order valence-corrected chi connectivity index (χ0v) is 19.1. The van der Waals surface area contributed by atoms with E-state index in [0.717, 1.165) is 23.1 Å². The fourth-order valence-corrected chi connectivity index (χ4v) is 4.07. The van der Waals surface area contributed by atoms with Crippen LogP contribution in [-0.4, -0.2) is 36.1 Å². The third kappa shape index (κ3) is 4.15. The molecule has 1 atom stereocenters. The highest BCUT2D eigenvalue weighted by atomic mass is 35.5. The van der Waals surface area contributed by atoms with Crippen LogP contribution in [0, 0.1) is 11.6 Å². The Morgan fingerprint density at radius 1 is 0.943 bits per heavy atom. The molecule has 4 rings (SSSR count). The molecule has 180 valence electrons. The van der Waals surface area contributed by atoms with Crippen molar-refractivity contribution in [3.8, 4) is 17.2 Å². The maximum absolute atomic E-state index is 14.0. The van der Waals surface area contributed by atoms with Gasteiger partial charge in [0.05, 0.1) is 30.9 Å². The first kappa shape index (κ1) is 24.0. The number of methoxy groups -OCH3 is 2. The van der Waals surface area contributed by atoms with Gasteiger partial charge in [0.1, 0.15) is 11.5 Å². The lowest BCUT2D eigenvalue weighted by molar-refractivity contribution is -0.132. The number of aromatic hydroxyl groups is 1. The summed E-state index contributed by atoms with van der Waals surface area (Å²) in [5.74, 6) is -4.66. The number of ether oxygens (including phenoxy) is 2. The normalized spacial score (nSPS) is 17.1. The van der Waals surface area contributed by atoms with Crippen LogP contribution in [0.1, 0.15) is 17.2 Å². The van der Waals surface area contributed by atoms with Crippen molar-refractivity contribution in [3.05, 3.63) is 88.0 Å². The van der Waals surface area contributed by atoms with Crippen molar-refractivity contribution in [2.45, 2.75) is 6.04 Å². The number of carbonyl (C=O) groups is 2. The number of hydrogen-bond acceptors (Lipinski definition) is 6. The van der Waals surface area contributed by atoms with Crippen molar-refractivity contribution >= 4 is 34.7 Å². The van der Waals surface area contributed by atoms with E-state index in [9.17, 15) is 28.6 Å². The highest BCUT2D eigenvalue weighted by molar-refractivity contribution is 6.51. The number of nitrogens with zero attached hydrogens (tertiary/aromatic N) is 1. The Morgan fingerprint density at radius 3 is 2.29 bits per heavy atom. The van der Waals surface area contributed by atoms with Gasteiger partial charge in [-0.05, 0) is 48.0 Å². The average molecular weight is 502 g/mol. The molecule has 0 spiro atoms. The molecule has 0 bridgehead atoms. The number of benzene rings is 3. The van der Waals surface area contributed by atoms with E-state index in [4.69, 9.17) is 21.1 Å². The van der Waals surface area contributed by atoms with Gasteiger partial charge in [-0.25, -0.2) is 8.78 Å². The number of carbonyl (C=O) groups excluding carboxylic acids is 2. The highest BCUT2D eigenvalue weighted by Crippen LogP contribution is 2.44. The molecule has 1 amide bonds. The highest BCUT2D eigenvalue weighted by Gasteiger charge is 2.47. The number of aliphatic hydroxyl groups is 1. The Hall–Kier alpha value is -4.11. The van der Waals surface area contributed by atoms with Crippen molar-refractivity contribution < 1.29 is 38.1 Å². The van der Waals surface area contributed by atoms with E-state index in [2.05, 4.69) is 0 Å². The minimum absolute atomic E-state index is 0.0792. The van der Waals surface area contributed by atoms with Crippen LogP contribution in [0.15, 0.2) is 60.2 Å². The summed E-state index contributed by atoms with van der Waals surface area (Å²) < 4.78 is 38.1. The van der Waals surface area contributed by atoms with Crippen LogP contribution < -0.4 is 14.4 Å². The molecular formula is C25H18ClF2NO6. The molecule has 0 aliphatic carbocycles. The van der Waals surface area contributed by atoms with E-state index < -0.39 is 35.1 Å². The molecule has 0 radical (unpaired) electrons. The Labute approximate surface area is 203 Å². The maximum atomic E-state index is 14.0. The van der Waals surface area contributed by atoms with Crippen LogP contribution in [0.2, 0.25) is 5.02 Å². The van der Waals surface area contributed by atoms with Gasteiger partial charge in [0.15, 0.2) is 23.1 Å². The van der Waals surface area contributed by atoms with Crippen molar-refractivity contribution in [2.75, 3.05) is 19.1 Å². The van der Waals surface area contributed by atoms with Gasteiger partial charge in [-0.2, -0.15) is 0 Å². The van der Waals surface area contributed by atoms with Crippen molar-refractivity contribution in [1.29, 1.82) is 0 Å². The first-order valence-electron chi connectivity index (χ1n) is 10.1. The molecule has 0 saturated carbocycles. The molecule has 35 heavy (non-hydrogen) atoms. The van der Waals surface area contributed by atoms with Crippen LogP contribution in [-0.2, 0) is 9.59 Å². The monoisotopic (exact) mass is 501 g/mol. The fraction of sp³-hybridized carbons (Fsp3) is 0.120. The van der Waals surface area contributed by atoms with Gasteiger partial charge in [0, 0.05) is 17.3 Å². The number of rotatable bonds is 5. The topological polar surface area (TPSA) is 96.3 Å². The maximum Gasteiger partial charge on any atom is 0.300 e. The summed E-state index contributed by atoms with van der Waals surface area (Å²) in [6.07, 6.45) is 0. The number of Topliss-reactive ketones (excluding diaryl/α,β-unsaturated/α-hetero) is 1. The third-order valence-electron chi connectivity index (χ3n) is 5.57. The summed E-state index contributed by atoms with van der Waals surface area (Å²) >= 11 is 6.07. The average Bonchev–Trinajstić information content (AvgIpc) is 3.12. The number of phenols is 1. The second-order valence-corrected chi connectivity index (χ2v) is 7.96. The van der Waals surface area contributed by atoms with E-state index >= 15 is 0 Å². The number of amides is 1. The summed E-state index contributed by atoms with van der Waals surface area (Å²) in [6, 6.07) is 9.79. The van der Waals surface area contributed by atoms with E-state index in [-0.39, 0.29) is 38.9 Å². The number of aliphatic hydroxyl groups excluding tert-OH is 1. The van der Waals surface area contributed by atoms with Crippen LogP contribution >= 0.6 is 11.6 Å². The molecule has 1 aliphatic rings. The Kier molecular flexibility index (Phi) is 6.36. The molecule has 1 heterocycles. The third-order valence-corrected chi connectivity index (χ3v) is 5.87. The van der Waals surface area contributed by atoms with E-state index in [0.29, 0.717) is 5.75 Å². The molecule has 7 nitrogen and oxygen atoms in total. The quantitative estimate of drug-likeness (QED) is 0.291. The van der Waals surface area contributed by atoms with Crippen LogP contribution in [0.5, 0.6) is 17.2 Å². The van der Waals surface area contributed by atoms with Crippen molar-refractivity contribution in [3.63, 3.8) is 0 Å². The molecule has 3 aromatic rings. The summed E-state index contributed by atoms with van der Waals surface area (Å²) in [7, 11) is 2.82. The summed E-state index contributed by atoms with van der Waals surface area (Å²) in [5, 5.41) is 20.9. The first-order valence-corrected chi connectivity index (χ1v) is 10.5. The lowest BCUT2D eigenvalue weighted by Gasteiger charge is -2.25. The first-order chi connectivity index (χ1) is 16.7. The van der Waals surface area contributed by atoms with E-state index in [1.165, 1.54) is 50.6 Å². The van der Waals surface area contributed by atoms with Crippen molar-refractivity contribution in [1.82, 2.24) is 0 Å². The van der Waals surface area contributed by atoms with Gasteiger partial charge in [-0.1, -0.05) is 17.7 Å². The summed E-state index contributed by atoms with van der Waals surface area (Å²) in [4.78, 5) is 27.2. The number of phenolic OH excluding ortho intramolecular Hbond substituents is 1. The van der Waals surface area contributed by atoms with Crippen molar-refractivity contribution in [2.24, 2.45) is 0 Å².